The van der Waals surface area contributed by atoms with Crippen molar-refractivity contribution in [3.8, 4) is 44.5 Å². The third-order valence-corrected chi connectivity index (χ3v) is 11.4. The number of nitrogens with zero attached hydrogens (tertiary/aromatic N) is 1. The molecule has 1 heteroatoms. The maximum atomic E-state index is 2.46. The summed E-state index contributed by atoms with van der Waals surface area (Å²) in [5, 5.41) is 0. The van der Waals surface area contributed by atoms with Crippen LogP contribution in [0, 0.1) is 0 Å². The van der Waals surface area contributed by atoms with Gasteiger partial charge in [0.1, 0.15) is 0 Å². The van der Waals surface area contributed by atoms with Crippen molar-refractivity contribution in [1.29, 1.82) is 0 Å². The summed E-state index contributed by atoms with van der Waals surface area (Å²) in [6.45, 7) is 2.08. The first-order chi connectivity index (χ1) is 27.2. The maximum Gasteiger partial charge on any atom is 0.0725 e. The predicted molar refractivity (Wildman–Crippen MR) is 231 cm³/mol. The third-order valence-electron chi connectivity index (χ3n) is 11.4. The standard InChI is InChI=1S/C54H39N/c1-2-15-43(39-18-8-4-9-19-39)37-55(45-31-26-40(27-32-45)38-16-6-3-7-17-38)46-33-28-41(29-34-46)42-30-35-48-50-24-14-23-49-47-22-12-13-25-51(47)54(53(49)50,52(48)36-42)44-20-10-5-11-21-44/h2-37H,1H3/b15-2-,43-37+. The zero-order chi connectivity index (χ0) is 36.8. The van der Waals surface area contributed by atoms with E-state index in [2.05, 4.69) is 230 Å². The van der Waals surface area contributed by atoms with Crippen molar-refractivity contribution in [3.05, 3.63) is 246 Å². The molecule has 8 aromatic rings. The molecule has 0 spiro atoms. The van der Waals surface area contributed by atoms with Gasteiger partial charge in [-0.15, -0.1) is 0 Å². The lowest BCUT2D eigenvalue weighted by molar-refractivity contribution is 0.792. The number of allylic oxidation sites excluding steroid dienone is 3. The highest BCUT2D eigenvalue weighted by molar-refractivity contribution is 5.99. The quantitative estimate of drug-likeness (QED) is 0.143. The van der Waals surface area contributed by atoms with Gasteiger partial charge in [-0.05, 0) is 115 Å². The Kier molecular flexibility index (Phi) is 8.00. The van der Waals surface area contributed by atoms with Crippen LogP contribution in [0.4, 0.5) is 11.4 Å². The first-order valence-corrected chi connectivity index (χ1v) is 19.1. The van der Waals surface area contributed by atoms with Gasteiger partial charge in [-0.2, -0.15) is 0 Å². The molecule has 0 aromatic heterocycles. The summed E-state index contributed by atoms with van der Waals surface area (Å²) >= 11 is 0. The molecule has 0 heterocycles. The Bertz CT molecular complexity index is 2720. The highest BCUT2D eigenvalue weighted by Gasteiger charge is 2.52. The molecule has 0 aliphatic heterocycles. The van der Waals surface area contributed by atoms with Crippen LogP contribution < -0.4 is 4.90 Å². The summed E-state index contributed by atoms with van der Waals surface area (Å²) < 4.78 is 0. The normalized spacial score (nSPS) is 15.1. The summed E-state index contributed by atoms with van der Waals surface area (Å²) in [6, 6.07) is 73.2. The van der Waals surface area contributed by atoms with Crippen LogP contribution in [0.15, 0.2) is 219 Å². The first-order valence-electron chi connectivity index (χ1n) is 19.1. The van der Waals surface area contributed by atoms with Crippen LogP contribution in [0.5, 0.6) is 0 Å². The van der Waals surface area contributed by atoms with Gasteiger partial charge in [0.25, 0.3) is 0 Å². The summed E-state index contributed by atoms with van der Waals surface area (Å²) in [6.07, 6.45) is 6.55. The molecule has 1 nitrogen and oxygen atoms in total. The Morgan fingerprint density at radius 3 is 1.60 bits per heavy atom. The van der Waals surface area contributed by atoms with Crippen molar-refractivity contribution < 1.29 is 0 Å². The highest BCUT2D eigenvalue weighted by atomic mass is 15.1. The van der Waals surface area contributed by atoms with Gasteiger partial charge in [-0.25, -0.2) is 0 Å². The van der Waals surface area contributed by atoms with Crippen LogP contribution in [-0.4, -0.2) is 0 Å². The van der Waals surface area contributed by atoms with E-state index in [0.717, 1.165) is 16.9 Å². The second kappa shape index (κ2) is 13.5. The Morgan fingerprint density at radius 1 is 0.436 bits per heavy atom. The van der Waals surface area contributed by atoms with E-state index in [4.69, 9.17) is 0 Å². The Labute approximate surface area is 323 Å². The topological polar surface area (TPSA) is 3.24 Å². The molecule has 2 aliphatic rings. The summed E-state index contributed by atoms with van der Waals surface area (Å²) in [4.78, 5) is 2.31. The second-order valence-electron chi connectivity index (χ2n) is 14.4. The third kappa shape index (κ3) is 5.31. The number of fused-ring (bicyclic) bond motifs is 6. The minimum atomic E-state index is -0.358. The molecule has 0 fully saturated rings. The molecule has 0 radical (unpaired) electrons. The number of anilines is 2. The molecule has 1 unspecified atom stereocenters. The molecule has 260 valence electrons. The van der Waals surface area contributed by atoms with Crippen molar-refractivity contribution >= 4 is 16.9 Å². The number of benzene rings is 8. The highest BCUT2D eigenvalue weighted by Crippen LogP contribution is 2.64. The maximum absolute atomic E-state index is 2.46. The van der Waals surface area contributed by atoms with E-state index in [1.54, 1.807) is 0 Å². The average molecular weight is 702 g/mol. The van der Waals surface area contributed by atoms with E-state index >= 15 is 0 Å². The number of rotatable bonds is 8. The molecule has 1 atom stereocenters. The van der Waals surface area contributed by atoms with Gasteiger partial charge >= 0.3 is 0 Å². The molecule has 0 saturated heterocycles. The minimum absolute atomic E-state index is 0.358. The zero-order valence-electron chi connectivity index (χ0n) is 30.7. The molecule has 0 saturated carbocycles. The largest absolute Gasteiger partial charge is 0.317 e. The van der Waals surface area contributed by atoms with Crippen molar-refractivity contribution in [1.82, 2.24) is 0 Å². The van der Waals surface area contributed by atoms with Gasteiger partial charge in [-0.1, -0.05) is 182 Å². The Balaban J connectivity index is 1.08. The summed E-state index contributed by atoms with van der Waals surface area (Å²) in [7, 11) is 0. The van der Waals surface area contributed by atoms with Gasteiger partial charge in [-0.3, -0.25) is 0 Å². The monoisotopic (exact) mass is 701 g/mol. The lowest BCUT2D eigenvalue weighted by atomic mass is 9.70. The number of hydrogen-bond acceptors (Lipinski definition) is 1. The van der Waals surface area contributed by atoms with Crippen LogP contribution in [0.1, 0.15) is 34.7 Å². The van der Waals surface area contributed by atoms with Gasteiger partial charge in [0.15, 0.2) is 0 Å². The fraction of sp³-hybridized carbons (Fsp3) is 0.0370. The fourth-order valence-corrected chi connectivity index (χ4v) is 9.00. The van der Waals surface area contributed by atoms with Crippen molar-refractivity contribution in [2.45, 2.75) is 12.3 Å². The minimum Gasteiger partial charge on any atom is -0.317 e. The number of hydrogen-bond donors (Lipinski definition) is 0. The van der Waals surface area contributed by atoms with E-state index in [-0.39, 0.29) is 5.41 Å². The van der Waals surface area contributed by atoms with Crippen molar-refractivity contribution in [3.63, 3.8) is 0 Å². The van der Waals surface area contributed by atoms with E-state index in [1.165, 1.54) is 72.3 Å². The molecular weight excluding hydrogens is 663 g/mol. The smallest absolute Gasteiger partial charge is 0.0725 e. The lowest BCUT2D eigenvalue weighted by Crippen LogP contribution is -2.26. The van der Waals surface area contributed by atoms with Crippen LogP contribution >= 0.6 is 0 Å². The Morgan fingerprint density at radius 2 is 0.945 bits per heavy atom. The van der Waals surface area contributed by atoms with Crippen molar-refractivity contribution in [2.75, 3.05) is 4.90 Å². The van der Waals surface area contributed by atoms with E-state index < -0.39 is 0 Å². The van der Waals surface area contributed by atoms with Crippen LogP contribution in [-0.2, 0) is 5.41 Å². The predicted octanol–water partition coefficient (Wildman–Crippen LogP) is 14.1. The molecule has 55 heavy (non-hydrogen) atoms. The van der Waals surface area contributed by atoms with Crippen LogP contribution in [0.25, 0.3) is 50.1 Å². The van der Waals surface area contributed by atoms with E-state index in [9.17, 15) is 0 Å². The van der Waals surface area contributed by atoms with Gasteiger partial charge in [0, 0.05) is 17.6 Å². The Hall–Kier alpha value is -6.96. The first kappa shape index (κ1) is 32.7. The fourth-order valence-electron chi connectivity index (χ4n) is 9.00. The molecule has 10 rings (SSSR count). The SMILES string of the molecule is C/C=C\C(=C/N(c1ccc(-c2ccccc2)cc1)c1ccc(-c2ccc3c(c2)C2(c4ccccc4)c4ccccc4-c4cccc-3c42)cc1)c1ccccc1. The van der Waals surface area contributed by atoms with Crippen molar-refractivity contribution in [2.24, 2.45) is 0 Å². The molecule has 2 aliphatic carbocycles. The molecular formula is C54H39N. The molecule has 0 N–H and O–H groups in total. The van der Waals surface area contributed by atoms with Crippen LogP contribution in [0.2, 0.25) is 0 Å². The van der Waals surface area contributed by atoms with Gasteiger partial charge in [0.05, 0.1) is 5.41 Å². The summed E-state index contributed by atoms with van der Waals surface area (Å²) in [5.74, 6) is 0. The molecule has 0 bridgehead atoms. The molecule has 8 aromatic carbocycles. The molecule has 0 amide bonds. The summed E-state index contributed by atoms with van der Waals surface area (Å²) in [5.41, 5.74) is 19.8. The van der Waals surface area contributed by atoms with E-state index in [1.807, 2.05) is 0 Å². The second-order valence-corrected chi connectivity index (χ2v) is 14.4. The van der Waals surface area contributed by atoms with E-state index in [0.29, 0.717) is 0 Å². The van der Waals surface area contributed by atoms with Gasteiger partial charge in [0.2, 0.25) is 0 Å². The van der Waals surface area contributed by atoms with Gasteiger partial charge < -0.3 is 4.90 Å². The average Bonchev–Trinajstić information content (AvgIpc) is 3.74. The lowest BCUT2D eigenvalue weighted by Gasteiger charge is -2.31. The zero-order valence-corrected chi connectivity index (χ0v) is 30.7. The van der Waals surface area contributed by atoms with Crippen LogP contribution in [0.3, 0.4) is 0 Å².